The zero-order chi connectivity index (χ0) is 20.4. The Morgan fingerprint density at radius 1 is 1.14 bits per heavy atom. The summed E-state index contributed by atoms with van der Waals surface area (Å²) < 4.78 is 11.2. The summed E-state index contributed by atoms with van der Waals surface area (Å²) >= 11 is 0. The summed E-state index contributed by atoms with van der Waals surface area (Å²) in [6.07, 6.45) is 1.10. The van der Waals surface area contributed by atoms with Crippen LogP contribution in [-0.4, -0.2) is 43.5 Å². The number of hydrogen-bond donors (Lipinski definition) is 0. The first-order valence-electron chi connectivity index (χ1n) is 10.1. The van der Waals surface area contributed by atoms with E-state index in [-0.39, 0.29) is 24.2 Å². The van der Waals surface area contributed by atoms with Crippen molar-refractivity contribution < 1.29 is 19.1 Å². The van der Waals surface area contributed by atoms with Gasteiger partial charge in [0.25, 0.3) is 0 Å². The molecular formula is C23H26N2O4. The van der Waals surface area contributed by atoms with Crippen LogP contribution in [0.25, 0.3) is 0 Å². The SMILES string of the molecule is CCc1ccccc1N1CC(C(=O)N(C)Cc2ccc3c(c2)OCCO3)CC1=O. The Kier molecular flexibility index (Phi) is 5.43. The van der Waals surface area contributed by atoms with Crippen molar-refractivity contribution in [3.05, 3.63) is 53.6 Å². The Bertz CT molecular complexity index is 927. The van der Waals surface area contributed by atoms with Gasteiger partial charge >= 0.3 is 0 Å². The topological polar surface area (TPSA) is 59.1 Å². The third-order valence-electron chi connectivity index (χ3n) is 5.54. The molecule has 152 valence electrons. The van der Waals surface area contributed by atoms with Crippen LogP contribution in [0.5, 0.6) is 11.5 Å². The smallest absolute Gasteiger partial charge is 0.228 e. The number of hydrogen-bond acceptors (Lipinski definition) is 4. The highest BCUT2D eigenvalue weighted by atomic mass is 16.6. The lowest BCUT2D eigenvalue weighted by molar-refractivity contribution is -0.135. The van der Waals surface area contributed by atoms with Crippen LogP contribution in [-0.2, 0) is 22.6 Å². The van der Waals surface area contributed by atoms with Gasteiger partial charge in [0.05, 0.1) is 5.92 Å². The normalized spacial score (nSPS) is 18.1. The summed E-state index contributed by atoms with van der Waals surface area (Å²) in [5.41, 5.74) is 3.02. The lowest BCUT2D eigenvalue weighted by atomic mass is 10.1. The van der Waals surface area contributed by atoms with Gasteiger partial charge in [0, 0.05) is 32.2 Å². The van der Waals surface area contributed by atoms with Crippen molar-refractivity contribution in [2.24, 2.45) is 5.92 Å². The number of benzene rings is 2. The van der Waals surface area contributed by atoms with Gasteiger partial charge < -0.3 is 19.3 Å². The molecule has 4 rings (SSSR count). The Morgan fingerprint density at radius 3 is 2.69 bits per heavy atom. The van der Waals surface area contributed by atoms with E-state index in [1.54, 1.807) is 16.8 Å². The van der Waals surface area contributed by atoms with Crippen molar-refractivity contribution in [1.82, 2.24) is 4.90 Å². The maximum absolute atomic E-state index is 13.0. The van der Waals surface area contributed by atoms with Gasteiger partial charge in [-0.25, -0.2) is 0 Å². The van der Waals surface area contributed by atoms with Gasteiger partial charge in [-0.1, -0.05) is 31.2 Å². The second kappa shape index (κ2) is 8.15. The molecule has 2 aliphatic heterocycles. The van der Waals surface area contributed by atoms with Crippen molar-refractivity contribution in [3.63, 3.8) is 0 Å². The van der Waals surface area contributed by atoms with Gasteiger partial charge in [0.2, 0.25) is 11.8 Å². The average molecular weight is 394 g/mol. The third-order valence-corrected chi connectivity index (χ3v) is 5.54. The average Bonchev–Trinajstić information content (AvgIpc) is 3.14. The highest BCUT2D eigenvalue weighted by molar-refractivity contribution is 6.00. The standard InChI is InChI=1S/C23H26N2O4/c1-3-17-6-4-5-7-19(17)25-15-18(13-22(25)26)23(27)24(2)14-16-8-9-20-21(12-16)29-11-10-28-20/h4-9,12,18H,3,10-11,13-15H2,1-2H3. The maximum Gasteiger partial charge on any atom is 0.228 e. The minimum Gasteiger partial charge on any atom is -0.486 e. The molecule has 2 aromatic carbocycles. The monoisotopic (exact) mass is 394 g/mol. The molecule has 1 unspecified atom stereocenters. The zero-order valence-electron chi connectivity index (χ0n) is 16.9. The van der Waals surface area contributed by atoms with E-state index in [9.17, 15) is 9.59 Å². The van der Waals surface area contributed by atoms with Crippen LogP contribution in [0, 0.1) is 5.92 Å². The fraction of sp³-hybridized carbons (Fsp3) is 0.391. The van der Waals surface area contributed by atoms with E-state index in [0.717, 1.165) is 29.0 Å². The molecule has 0 N–H and O–H groups in total. The van der Waals surface area contributed by atoms with E-state index in [0.29, 0.717) is 32.1 Å². The lowest BCUT2D eigenvalue weighted by Crippen LogP contribution is -2.34. The number of nitrogens with zero attached hydrogens (tertiary/aromatic N) is 2. The first-order chi connectivity index (χ1) is 14.1. The molecule has 2 heterocycles. The summed E-state index contributed by atoms with van der Waals surface area (Å²) in [6.45, 7) is 4.05. The van der Waals surface area contributed by atoms with Crippen LogP contribution in [0.1, 0.15) is 24.5 Å². The van der Waals surface area contributed by atoms with Crippen LogP contribution in [0.4, 0.5) is 5.69 Å². The van der Waals surface area contributed by atoms with E-state index < -0.39 is 0 Å². The molecule has 0 aromatic heterocycles. The zero-order valence-corrected chi connectivity index (χ0v) is 16.9. The first-order valence-corrected chi connectivity index (χ1v) is 10.1. The van der Waals surface area contributed by atoms with Crippen LogP contribution in [0.2, 0.25) is 0 Å². The molecule has 2 aliphatic rings. The van der Waals surface area contributed by atoms with E-state index >= 15 is 0 Å². The number of rotatable bonds is 5. The van der Waals surface area contributed by atoms with Crippen molar-refractivity contribution in [2.45, 2.75) is 26.3 Å². The number of carbonyl (C=O) groups is 2. The van der Waals surface area contributed by atoms with E-state index in [4.69, 9.17) is 9.47 Å². The van der Waals surface area contributed by atoms with Crippen molar-refractivity contribution in [2.75, 3.05) is 31.7 Å². The van der Waals surface area contributed by atoms with Crippen LogP contribution < -0.4 is 14.4 Å². The molecule has 29 heavy (non-hydrogen) atoms. The molecule has 2 amide bonds. The molecule has 0 spiro atoms. The number of aryl methyl sites for hydroxylation is 1. The van der Waals surface area contributed by atoms with E-state index in [1.807, 2.05) is 42.5 Å². The van der Waals surface area contributed by atoms with Gasteiger partial charge in [-0.15, -0.1) is 0 Å². The molecule has 0 bridgehead atoms. The number of anilines is 1. The summed E-state index contributed by atoms with van der Waals surface area (Å²) in [4.78, 5) is 29.1. The van der Waals surface area contributed by atoms with Crippen molar-refractivity contribution in [3.8, 4) is 11.5 Å². The van der Waals surface area contributed by atoms with Crippen LogP contribution >= 0.6 is 0 Å². The molecule has 1 atom stereocenters. The number of para-hydroxylation sites is 1. The van der Waals surface area contributed by atoms with Gasteiger partial charge in [-0.2, -0.15) is 0 Å². The molecule has 6 heteroatoms. The van der Waals surface area contributed by atoms with Crippen molar-refractivity contribution in [1.29, 1.82) is 0 Å². The second-order valence-corrected chi connectivity index (χ2v) is 7.56. The minimum atomic E-state index is -0.324. The second-order valence-electron chi connectivity index (χ2n) is 7.56. The number of carbonyl (C=O) groups excluding carboxylic acids is 2. The molecular weight excluding hydrogens is 368 g/mol. The highest BCUT2D eigenvalue weighted by Crippen LogP contribution is 2.32. The fourth-order valence-corrected chi connectivity index (χ4v) is 4.03. The van der Waals surface area contributed by atoms with Crippen molar-refractivity contribution >= 4 is 17.5 Å². The predicted molar refractivity (Wildman–Crippen MR) is 110 cm³/mol. The fourth-order valence-electron chi connectivity index (χ4n) is 4.03. The van der Waals surface area contributed by atoms with E-state index in [1.165, 1.54) is 0 Å². The Balaban J connectivity index is 1.43. The molecule has 2 aromatic rings. The van der Waals surface area contributed by atoms with Gasteiger partial charge in [-0.3, -0.25) is 9.59 Å². The van der Waals surface area contributed by atoms with Gasteiger partial charge in [-0.05, 0) is 35.7 Å². The number of amides is 2. The predicted octanol–water partition coefficient (Wildman–Crippen LogP) is 3.03. The van der Waals surface area contributed by atoms with Crippen LogP contribution in [0.3, 0.4) is 0 Å². The molecule has 1 saturated heterocycles. The third kappa shape index (κ3) is 3.92. The maximum atomic E-state index is 13.0. The largest absolute Gasteiger partial charge is 0.486 e. The summed E-state index contributed by atoms with van der Waals surface area (Å²) in [7, 11) is 1.78. The molecule has 1 fully saturated rings. The highest BCUT2D eigenvalue weighted by Gasteiger charge is 2.37. The molecule has 0 radical (unpaired) electrons. The Hall–Kier alpha value is -3.02. The summed E-state index contributed by atoms with van der Waals surface area (Å²) in [5, 5.41) is 0. The lowest BCUT2D eigenvalue weighted by Gasteiger charge is -2.23. The van der Waals surface area contributed by atoms with Gasteiger partial charge in [0.15, 0.2) is 11.5 Å². The number of ether oxygens (including phenoxy) is 2. The summed E-state index contributed by atoms with van der Waals surface area (Å²) in [5.74, 6) is 1.13. The minimum absolute atomic E-state index is 0.00952. The number of fused-ring (bicyclic) bond motifs is 1. The molecule has 6 nitrogen and oxygen atoms in total. The first kappa shape index (κ1) is 19.3. The van der Waals surface area contributed by atoms with Crippen LogP contribution in [0.15, 0.2) is 42.5 Å². The molecule has 0 saturated carbocycles. The quantitative estimate of drug-likeness (QED) is 0.782. The summed E-state index contributed by atoms with van der Waals surface area (Å²) in [6, 6.07) is 13.7. The Labute approximate surface area is 171 Å². The Morgan fingerprint density at radius 2 is 1.90 bits per heavy atom. The van der Waals surface area contributed by atoms with E-state index in [2.05, 4.69) is 6.92 Å². The molecule has 0 aliphatic carbocycles. The van der Waals surface area contributed by atoms with Gasteiger partial charge in [0.1, 0.15) is 13.2 Å².